The second-order valence-electron chi connectivity index (χ2n) is 10.5. The standard InChI is InChI=1S/C30H35ClN6O3S/c1-2-34-8-14-37(15-9-34)29(38)24-5-3-4-23(16-24)20-41-30-32-27(31)18-28(33-30)36-12-10-35(11-13-36)19-22-6-7-25-26(17-22)40-21-39-25/h3-7,16-18H,2,8-15,19-21H2,1H3. The molecule has 0 atom stereocenters. The molecule has 216 valence electrons. The fraction of sp³-hybridized carbons (Fsp3) is 0.433. The number of thioether (sulfide) groups is 1. The van der Waals surface area contributed by atoms with E-state index in [4.69, 9.17) is 26.1 Å². The Morgan fingerprint density at radius 3 is 2.46 bits per heavy atom. The second-order valence-corrected chi connectivity index (χ2v) is 11.8. The van der Waals surface area contributed by atoms with Crippen molar-refractivity contribution in [3.05, 3.63) is 70.4 Å². The van der Waals surface area contributed by atoms with Crippen molar-refractivity contribution in [2.45, 2.75) is 24.4 Å². The largest absolute Gasteiger partial charge is 0.454 e. The first-order valence-corrected chi connectivity index (χ1v) is 15.5. The molecule has 4 heterocycles. The van der Waals surface area contributed by atoms with Crippen molar-refractivity contribution in [2.24, 2.45) is 0 Å². The topological polar surface area (TPSA) is 74.3 Å². The number of carbonyl (C=O) groups excluding carboxylic acids is 1. The Balaban J connectivity index is 1.03. The van der Waals surface area contributed by atoms with Gasteiger partial charge in [0.05, 0.1) is 0 Å². The Labute approximate surface area is 250 Å². The molecule has 2 aromatic carbocycles. The van der Waals surface area contributed by atoms with Gasteiger partial charge in [-0.05, 0) is 41.9 Å². The molecule has 3 aliphatic rings. The van der Waals surface area contributed by atoms with Gasteiger partial charge in [-0.25, -0.2) is 9.97 Å². The average Bonchev–Trinajstić information content (AvgIpc) is 3.48. The van der Waals surface area contributed by atoms with E-state index in [9.17, 15) is 4.79 Å². The summed E-state index contributed by atoms with van der Waals surface area (Å²) in [6.07, 6.45) is 0. The van der Waals surface area contributed by atoms with Crippen molar-refractivity contribution < 1.29 is 14.3 Å². The smallest absolute Gasteiger partial charge is 0.253 e. The lowest BCUT2D eigenvalue weighted by Crippen LogP contribution is -2.48. The molecule has 0 radical (unpaired) electrons. The van der Waals surface area contributed by atoms with Crippen molar-refractivity contribution in [1.82, 2.24) is 24.7 Å². The summed E-state index contributed by atoms with van der Waals surface area (Å²) >= 11 is 7.97. The van der Waals surface area contributed by atoms with Gasteiger partial charge in [0.2, 0.25) is 6.79 Å². The van der Waals surface area contributed by atoms with E-state index in [0.29, 0.717) is 22.9 Å². The highest BCUT2D eigenvalue weighted by Crippen LogP contribution is 2.33. The summed E-state index contributed by atoms with van der Waals surface area (Å²) in [6.45, 7) is 11.3. The molecule has 3 aromatic rings. The predicted octanol–water partition coefficient (Wildman–Crippen LogP) is 4.25. The van der Waals surface area contributed by atoms with Gasteiger partial charge < -0.3 is 24.2 Å². The van der Waals surface area contributed by atoms with Crippen LogP contribution in [-0.4, -0.2) is 96.3 Å². The summed E-state index contributed by atoms with van der Waals surface area (Å²) in [5.41, 5.74) is 3.02. The van der Waals surface area contributed by atoms with Crippen LogP contribution in [0.25, 0.3) is 0 Å². The van der Waals surface area contributed by atoms with Gasteiger partial charge in [0, 0.05) is 76.3 Å². The Morgan fingerprint density at radius 1 is 0.878 bits per heavy atom. The van der Waals surface area contributed by atoms with Crippen LogP contribution in [0, 0.1) is 0 Å². The third kappa shape index (κ3) is 6.89. The lowest BCUT2D eigenvalue weighted by Gasteiger charge is -2.35. The van der Waals surface area contributed by atoms with Crippen molar-refractivity contribution in [3.8, 4) is 11.5 Å². The lowest BCUT2D eigenvalue weighted by atomic mass is 10.1. The highest BCUT2D eigenvalue weighted by atomic mass is 35.5. The normalized spacial score (nSPS) is 17.7. The molecule has 2 saturated heterocycles. The van der Waals surface area contributed by atoms with E-state index in [1.54, 1.807) is 0 Å². The minimum Gasteiger partial charge on any atom is -0.454 e. The molecule has 0 N–H and O–H groups in total. The Kier molecular flexibility index (Phi) is 8.81. The van der Waals surface area contributed by atoms with E-state index in [1.165, 1.54) is 17.3 Å². The predicted molar refractivity (Wildman–Crippen MR) is 161 cm³/mol. The second kappa shape index (κ2) is 12.9. The van der Waals surface area contributed by atoms with Gasteiger partial charge in [-0.15, -0.1) is 0 Å². The quantitative estimate of drug-likeness (QED) is 0.216. The van der Waals surface area contributed by atoms with Crippen LogP contribution in [0.5, 0.6) is 11.5 Å². The number of likely N-dealkylation sites (N-methyl/N-ethyl adjacent to an activating group) is 1. The summed E-state index contributed by atoms with van der Waals surface area (Å²) in [6, 6.07) is 15.9. The Morgan fingerprint density at radius 2 is 1.66 bits per heavy atom. The molecule has 1 amide bonds. The first-order chi connectivity index (χ1) is 20.0. The number of piperazine rings is 2. The number of fused-ring (bicyclic) bond motifs is 1. The first kappa shape index (κ1) is 28.1. The van der Waals surface area contributed by atoms with Crippen molar-refractivity contribution in [3.63, 3.8) is 0 Å². The summed E-state index contributed by atoms with van der Waals surface area (Å²) in [5.74, 6) is 3.26. The van der Waals surface area contributed by atoms with E-state index < -0.39 is 0 Å². The maximum atomic E-state index is 13.1. The van der Waals surface area contributed by atoms with Gasteiger partial charge in [-0.3, -0.25) is 9.69 Å². The molecule has 1 aromatic heterocycles. The summed E-state index contributed by atoms with van der Waals surface area (Å²) in [4.78, 5) is 31.4. The molecule has 2 fully saturated rings. The fourth-order valence-electron chi connectivity index (χ4n) is 5.44. The van der Waals surface area contributed by atoms with Gasteiger partial charge in [0.15, 0.2) is 16.7 Å². The molecule has 0 spiro atoms. The van der Waals surface area contributed by atoms with Crippen molar-refractivity contribution in [2.75, 3.05) is 70.6 Å². The molecular formula is C30H35ClN6O3S. The number of nitrogens with zero attached hydrogens (tertiary/aromatic N) is 6. The molecule has 0 saturated carbocycles. The SMILES string of the molecule is CCN1CCN(C(=O)c2cccc(CSc3nc(Cl)cc(N4CCN(Cc5ccc6c(c5)OCO6)CC4)n3)c2)CC1. The molecule has 0 bridgehead atoms. The number of amides is 1. The number of ether oxygens (including phenoxy) is 2. The van der Waals surface area contributed by atoms with Crippen LogP contribution in [0.15, 0.2) is 53.7 Å². The number of anilines is 1. The van der Waals surface area contributed by atoms with E-state index in [2.05, 4.69) is 38.7 Å². The zero-order valence-electron chi connectivity index (χ0n) is 23.3. The Bertz CT molecular complexity index is 1380. The van der Waals surface area contributed by atoms with Crippen LogP contribution in [0.2, 0.25) is 5.15 Å². The third-order valence-corrected chi connectivity index (χ3v) is 8.96. The van der Waals surface area contributed by atoms with Crippen LogP contribution < -0.4 is 14.4 Å². The molecule has 41 heavy (non-hydrogen) atoms. The number of halogens is 1. The summed E-state index contributed by atoms with van der Waals surface area (Å²) in [7, 11) is 0. The highest BCUT2D eigenvalue weighted by molar-refractivity contribution is 7.98. The zero-order valence-corrected chi connectivity index (χ0v) is 24.9. The number of hydrogen-bond acceptors (Lipinski definition) is 9. The third-order valence-electron chi connectivity index (χ3n) is 7.85. The van der Waals surface area contributed by atoms with Crippen molar-refractivity contribution >= 4 is 35.1 Å². The van der Waals surface area contributed by atoms with Crippen LogP contribution in [0.3, 0.4) is 0 Å². The average molecular weight is 595 g/mol. The maximum absolute atomic E-state index is 13.1. The number of benzene rings is 2. The fourth-order valence-corrected chi connectivity index (χ4v) is 6.46. The maximum Gasteiger partial charge on any atom is 0.253 e. The summed E-state index contributed by atoms with van der Waals surface area (Å²) < 4.78 is 11.0. The monoisotopic (exact) mass is 594 g/mol. The molecule has 9 nitrogen and oxygen atoms in total. The molecule has 0 aliphatic carbocycles. The number of hydrogen-bond donors (Lipinski definition) is 0. The van der Waals surface area contributed by atoms with Crippen LogP contribution in [-0.2, 0) is 12.3 Å². The van der Waals surface area contributed by atoms with Gasteiger partial charge in [-0.1, -0.05) is 48.5 Å². The molecule has 3 aliphatic heterocycles. The first-order valence-electron chi connectivity index (χ1n) is 14.2. The minimum absolute atomic E-state index is 0.103. The minimum atomic E-state index is 0.103. The number of aromatic nitrogens is 2. The van der Waals surface area contributed by atoms with E-state index in [-0.39, 0.29) is 5.91 Å². The zero-order chi connectivity index (χ0) is 28.2. The van der Waals surface area contributed by atoms with E-state index >= 15 is 0 Å². The number of rotatable bonds is 8. The van der Waals surface area contributed by atoms with Gasteiger partial charge >= 0.3 is 0 Å². The summed E-state index contributed by atoms with van der Waals surface area (Å²) in [5, 5.41) is 1.08. The molecule has 11 heteroatoms. The van der Waals surface area contributed by atoms with Crippen LogP contribution >= 0.6 is 23.4 Å². The van der Waals surface area contributed by atoms with Crippen LogP contribution in [0.1, 0.15) is 28.4 Å². The van der Waals surface area contributed by atoms with Gasteiger partial charge in [0.25, 0.3) is 5.91 Å². The lowest BCUT2D eigenvalue weighted by molar-refractivity contribution is 0.0643. The molecule has 0 unspecified atom stereocenters. The number of carbonyl (C=O) groups is 1. The molecule has 6 rings (SSSR count). The van der Waals surface area contributed by atoms with E-state index in [1.807, 2.05) is 41.3 Å². The van der Waals surface area contributed by atoms with Crippen molar-refractivity contribution in [1.29, 1.82) is 0 Å². The Hall–Kier alpha value is -3.05. The highest BCUT2D eigenvalue weighted by Gasteiger charge is 2.23. The van der Waals surface area contributed by atoms with Gasteiger partial charge in [-0.2, -0.15) is 0 Å². The van der Waals surface area contributed by atoms with Gasteiger partial charge in [0.1, 0.15) is 11.0 Å². The van der Waals surface area contributed by atoms with E-state index in [0.717, 1.165) is 93.9 Å². The van der Waals surface area contributed by atoms with Crippen LogP contribution in [0.4, 0.5) is 5.82 Å². The molecular weight excluding hydrogens is 560 g/mol.